The summed E-state index contributed by atoms with van der Waals surface area (Å²) in [6.45, 7) is 1.98. The molecule has 0 amide bonds. The second kappa shape index (κ2) is 6.80. The van der Waals surface area contributed by atoms with Crippen LogP contribution >= 0.6 is 0 Å². The van der Waals surface area contributed by atoms with Crippen LogP contribution in [0.3, 0.4) is 0 Å². The molecule has 0 aliphatic rings. The molecule has 0 unspecified atom stereocenters. The Morgan fingerprint density at radius 1 is 1.11 bits per heavy atom. The Kier molecular flexibility index (Phi) is 4.66. The first kappa shape index (κ1) is 18.5. The summed E-state index contributed by atoms with van der Waals surface area (Å²) in [7, 11) is 1.68. The Labute approximate surface area is 153 Å². The number of aryl methyl sites for hydroxylation is 2. The van der Waals surface area contributed by atoms with Gasteiger partial charge in [0.15, 0.2) is 0 Å². The van der Waals surface area contributed by atoms with Crippen LogP contribution in [-0.4, -0.2) is 9.13 Å². The number of nitriles is 1. The largest absolute Gasteiger partial charge is 0.417 e. The quantitative estimate of drug-likeness (QED) is 0.696. The van der Waals surface area contributed by atoms with Crippen LogP contribution in [0, 0.1) is 18.3 Å². The van der Waals surface area contributed by atoms with Gasteiger partial charge >= 0.3 is 6.18 Å². The first-order chi connectivity index (χ1) is 12.7. The number of alkyl halides is 3. The standard InChI is InChI=1S/C20H16F3N3O/c1-13-5-7-14(8-6-13)12-26-18(17-4-3-9-25(17)2)10-16(20(21,22)23)15(11-24)19(26)27/h3-10H,12H2,1-2H3. The highest BCUT2D eigenvalue weighted by Crippen LogP contribution is 2.33. The smallest absolute Gasteiger partial charge is 0.349 e. The number of nitrogens with zero attached hydrogens (tertiary/aromatic N) is 3. The molecule has 0 N–H and O–H groups in total. The van der Waals surface area contributed by atoms with E-state index in [0.29, 0.717) is 5.69 Å². The number of halogens is 3. The minimum atomic E-state index is -4.80. The van der Waals surface area contributed by atoms with E-state index in [1.807, 2.05) is 19.1 Å². The minimum absolute atomic E-state index is 0.0619. The van der Waals surface area contributed by atoms with E-state index in [-0.39, 0.29) is 12.2 Å². The molecule has 2 aromatic heterocycles. The number of hydrogen-bond donors (Lipinski definition) is 0. The Balaban J connectivity index is 2.30. The zero-order valence-corrected chi connectivity index (χ0v) is 14.7. The predicted molar refractivity (Wildman–Crippen MR) is 95.1 cm³/mol. The molecule has 0 saturated heterocycles. The molecule has 0 aliphatic heterocycles. The van der Waals surface area contributed by atoms with E-state index in [1.165, 1.54) is 10.6 Å². The highest BCUT2D eigenvalue weighted by Gasteiger charge is 2.36. The molecule has 1 aromatic carbocycles. The van der Waals surface area contributed by atoms with Crippen LogP contribution in [0.1, 0.15) is 22.3 Å². The van der Waals surface area contributed by atoms with Crippen molar-refractivity contribution in [1.82, 2.24) is 9.13 Å². The maximum absolute atomic E-state index is 13.4. The van der Waals surface area contributed by atoms with Gasteiger partial charge in [0.1, 0.15) is 11.6 Å². The van der Waals surface area contributed by atoms with Gasteiger partial charge in [0.05, 0.1) is 23.5 Å². The second-order valence-corrected chi connectivity index (χ2v) is 6.31. The summed E-state index contributed by atoms with van der Waals surface area (Å²) < 4.78 is 43.2. The highest BCUT2D eigenvalue weighted by molar-refractivity contribution is 5.60. The van der Waals surface area contributed by atoms with E-state index in [0.717, 1.165) is 17.2 Å². The van der Waals surface area contributed by atoms with Gasteiger partial charge in [-0.2, -0.15) is 18.4 Å². The topological polar surface area (TPSA) is 50.7 Å². The summed E-state index contributed by atoms with van der Waals surface area (Å²) in [6.07, 6.45) is -3.12. The normalized spacial score (nSPS) is 11.4. The highest BCUT2D eigenvalue weighted by atomic mass is 19.4. The molecule has 0 aliphatic carbocycles. The van der Waals surface area contributed by atoms with Crippen molar-refractivity contribution in [1.29, 1.82) is 5.26 Å². The summed E-state index contributed by atoms with van der Waals surface area (Å²) in [5.74, 6) is 0. The Hall–Kier alpha value is -3.27. The molecule has 0 fully saturated rings. The summed E-state index contributed by atoms with van der Waals surface area (Å²) in [5, 5.41) is 9.20. The Morgan fingerprint density at radius 3 is 2.30 bits per heavy atom. The van der Waals surface area contributed by atoms with Crippen molar-refractivity contribution in [2.75, 3.05) is 0 Å². The third-order valence-corrected chi connectivity index (χ3v) is 4.38. The van der Waals surface area contributed by atoms with Gasteiger partial charge in [0.2, 0.25) is 0 Å². The lowest BCUT2D eigenvalue weighted by Crippen LogP contribution is -2.29. The van der Waals surface area contributed by atoms with Crippen LogP contribution in [0.15, 0.2) is 53.5 Å². The molecule has 0 saturated carbocycles. The maximum atomic E-state index is 13.4. The Morgan fingerprint density at radius 2 is 1.78 bits per heavy atom. The van der Waals surface area contributed by atoms with Crippen molar-refractivity contribution in [3.63, 3.8) is 0 Å². The molecule has 4 nitrogen and oxygen atoms in total. The average molecular weight is 371 g/mol. The van der Waals surface area contributed by atoms with E-state index >= 15 is 0 Å². The molecule has 2 heterocycles. The molecule has 3 aromatic rings. The van der Waals surface area contributed by atoms with Gasteiger partial charge in [-0.15, -0.1) is 0 Å². The lowest BCUT2D eigenvalue weighted by atomic mass is 10.1. The number of pyridine rings is 1. The fourth-order valence-corrected chi connectivity index (χ4v) is 2.95. The summed E-state index contributed by atoms with van der Waals surface area (Å²) in [4.78, 5) is 12.8. The van der Waals surface area contributed by atoms with Gasteiger partial charge in [0.25, 0.3) is 5.56 Å². The molecule has 7 heteroatoms. The molecule has 3 rings (SSSR count). The first-order valence-electron chi connectivity index (χ1n) is 8.14. The van der Waals surface area contributed by atoms with Gasteiger partial charge in [0, 0.05) is 13.2 Å². The monoisotopic (exact) mass is 371 g/mol. The molecule has 0 atom stereocenters. The molecule has 27 heavy (non-hydrogen) atoms. The third kappa shape index (κ3) is 3.51. The molecular weight excluding hydrogens is 355 g/mol. The van der Waals surface area contributed by atoms with Crippen LogP contribution in [0.4, 0.5) is 13.2 Å². The predicted octanol–water partition coefficient (Wildman–Crippen LogP) is 4.10. The maximum Gasteiger partial charge on any atom is 0.417 e. The van der Waals surface area contributed by atoms with Gasteiger partial charge in [-0.3, -0.25) is 4.79 Å². The molecule has 0 bridgehead atoms. The van der Waals surface area contributed by atoms with Crippen LogP contribution in [0.5, 0.6) is 0 Å². The fraction of sp³-hybridized carbons (Fsp3) is 0.200. The van der Waals surface area contributed by atoms with Crippen molar-refractivity contribution < 1.29 is 13.2 Å². The molecule has 0 spiro atoms. The van der Waals surface area contributed by atoms with E-state index in [9.17, 15) is 23.2 Å². The number of benzene rings is 1. The lowest BCUT2D eigenvalue weighted by molar-refractivity contribution is -0.137. The zero-order chi connectivity index (χ0) is 19.8. The second-order valence-electron chi connectivity index (χ2n) is 6.31. The van der Waals surface area contributed by atoms with E-state index in [2.05, 4.69) is 0 Å². The van der Waals surface area contributed by atoms with Crippen molar-refractivity contribution in [2.24, 2.45) is 7.05 Å². The summed E-state index contributed by atoms with van der Waals surface area (Å²) in [6, 6.07) is 13.0. The van der Waals surface area contributed by atoms with E-state index in [1.54, 1.807) is 42.1 Å². The van der Waals surface area contributed by atoms with Gasteiger partial charge in [-0.1, -0.05) is 29.8 Å². The fourth-order valence-electron chi connectivity index (χ4n) is 2.95. The van der Waals surface area contributed by atoms with Crippen LogP contribution in [0.25, 0.3) is 11.4 Å². The van der Waals surface area contributed by atoms with Crippen molar-refractivity contribution in [2.45, 2.75) is 19.6 Å². The zero-order valence-electron chi connectivity index (χ0n) is 14.7. The number of rotatable bonds is 3. The Bertz CT molecular complexity index is 1080. The molecular formula is C20H16F3N3O. The minimum Gasteiger partial charge on any atom is -0.349 e. The number of aromatic nitrogens is 2. The summed E-state index contributed by atoms with van der Waals surface area (Å²) >= 11 is 0. The molecule has 0 radical (unpaired) electrons. The van der Waals surface area contributed by atoms with Crippen LogP contribution in [0.2, 0.25) is 0 Å². The van der Waals surface area contributed by atoms with E-state index < -0.39 is 22.9 Å². The average Bonchev–Trinajstić information content (AvgIpc) is 3.03. The van der Waals surface area contributed by atoms with Gasteiger partial charge in [-0.05, 0) is 30.7 Å². The van der Waals surface area contributed by atoms with Crippen molar-refractivity contribution >= 4 is 0 Å². The lowest BCUT2D eigenvalue weighted by Gasteiger charge is -2.18. The van der Waals surface area contributed by atoms with Gasteiger partial charge < -0.3 is 9.13 Å². The summed E-state index contributed by atoms with van der Waals surface area (Å²) in [5.41, 5.74) is -0.725. The SMILES string of the molecule is Cc1ccc(Cn2c(-c3cccn3C)cc(C(F)(F)F)c(C#N)c2=O)cc1. The number of hydrogen-bond acceptors (Lipinski definition) is 2. The third-order valence-electron chi connectivity index (χ3n) is 4.38. The van der Waals surface area contributed by atoms with Crippen LogP contribution < -0.4 is 5.56 Å². The first-order valence-corrected chi connectivity index (χ1v) is 8.14. The van der Waals surface area contributed by atoms with Crippen LogP contribution in [-0.2, 0) is 19.8 Å². The van der Waals surface area contributed by atoms with Gasteiger partial charge in [-0.25, -0.2) is 0 Å². The van der Waals surface area contributed by atoms with E-state index in [4.69, 9.17) is 0 Å². The van der Waals surface area contributed by atoms with Crippen molar-refractivity contribution in [3.8, 4) is 17.5 Å². The van der Waals surface area contributed by atoms with Crippen molar-refractivity contribution in [3.05, 3.63) is 81.3 Å². The molecule has 138 valence electrons.